The minimum absolute atomic E-state index is 0.0702. The normalized spacial score (nSPS) is 16.8. The molecule has 5 heterocycles. The third-order valence-corrected chi connectivity index (χ3v) is 7.30. The fraction of sp³-hybridized carbons (Fsp3) is 0.346. The maximum absolute atomic E-state index is 15.1. The second-order valence-electron chi connectivity index (χ2n) is 9.82. The van der Waals surface area contributed by atoms with Gasteiger partial charge in [-0.05, 0) is 37.5 Å². The molecule has 2 aliphatic rings. The molecule has 0 aliphatic carbocycles. The first kappa shape index (κ1) is 23.8. The van der Waals surface area contributed by atoms with E-state index in [1.165, 1.54) is 6.33 Å². The van der Waals surface area contributed by atoms with Crippen molar-refractivity contribution < 1.29 is 13.6 Å². The number of carbonyl (C=O) groups excluding carboxylic acids is 1. The van der Waals surface area contributed by atoms with Crippen molar-refractivity contribution in [1.29, 1.82) is 5.26 Å². The molecule has 0 atom stereocenters. The Hall–Kier alpha value is -4.53. The number of amides is 2. The van der Waals surface area contributed by atoms with Crippen molar-refractivity contribution >= 4 is 28.4 Å². The van der Waals surface area contributed by atoms with E-state index in [9.17, 15) is 10.1 Å². The summed E-state index contributed by atoms with van der Waals surface area (Å²) in [6.45, 7) is 1.65. The molecule has 0 spiro atoms. The summed E-state index contributed by atoms with van der Waals surface area (Å²) in [5.41, 5.74) is 1.28. The Balaban J connectivity index is 1.21. The van der Waals surface area contributed by atoms with Gasteiger partial charge in [0.25, 0.3) is 0 Å². The number of nitrogens with zero attached hydrogens (tertiary/aromatic N) is 7. The maximum Gasteiger partial charge on any atom is 0.321 e. The van der Waals surface area contributed by atoms with Gasteiger partial charge in [-0.3, -0.25) is 4.68 Å². The highest BCUT2D eigenvalue weighted by molar-refractivity contribution is 5.90. The Kier molecular flexibility index (Phi) is 5.90. The van der Waals surface area contributed by atoms with Crippen LogP contribution in [0.5, 0.6) is 0 Å². The molecule has 2 N–H and O–H groups in total. The monoisotopic (exact) mass is 517 g/mol. The van der Waals surface area contributed by atoms with Gasteiger partial charge in [0.2, 0.25) is 0 Å². The first-order valence-electron chi connectivity index (χ1n) is 12.5. The Morgan fingerprint density at radius 2 is 1.92 bits per heavy atom. The number of hydrogen-bond donors (Lipinski definition) is 2. The zero-order valence-electron chi connectivity index (χ0n) is 20.5. The molecule has 38 heavy (non-hydrogen) atoms. The lowest BCUT2D eigenvalue weighted by Gasteiger charge is -2.50. The number of halogens is 2. The number of hydrogen-bond acceptors (Lipinski definition) is 6. The highest BCUT2D eigenvalue weighted by Gasteiger charge is 2.47. The van der Waals surface area contributed by atoms with E-state index < -0.39 is 17.2 Å². The van der Waals surface area contributed by atoms with Crippen LogP contribution >= 0.6 is 0 Å². The van der Waals surface area contributed by atoms with E-state index >= 15 is 8.78 Å². The van der Waals surface area contributed by atoms with Crippen molar-refractivity contribution in [3.05, 3.63) is 54.8 Å². The number of rotatable bonds is 5. The number of likely N-dealkylation sites (tertiary alicyclic amines) is 1. The van der Waals surface area contributed by atoms with Crippen LogP contribution in [-0.2, 0) is 5.54 Å². The van der Waals surface area contributed by atoms with E-state index in [2.05, 4.69) is 31.4 Å². The van der Waals surface area contributed by atoms with Crippen molar-refractivity contribution in [1.82, 2.24) is 29.6 Å². The van der Waals surface area contributed by atoms with E-state index in [-0.39, 0.29) is 36.9 Å². The van der Waals surface area contributed by atoms with Crippen LogP contribution in [0.3, 0.4) is 0 Å². The van der Waals surface area contributed by atoms with Crippen LogP contribution in [0.15, 0.2) is 43.1 Å². The maximum atomic E-state index is 15.1. The van der Waals surface area contributed by atoms with Crippen LogP contribution in [-0.4, -0.2) is 61.8 Å². The molecule has 0 saturated carbocycles. The highest BCUT2D eigenvalue weighted by atomic mass is 19.1. The van der Waals surface area contributed by atoms with E-state index in [0.29, 0.717) is 24.4 Å². The number of benzene rings is 1. The molecule has 0 unspecified atom stereocenters. The van der Waals surface area contributed by atoms with Gasteiger partial charge in [0.05, 0.1) is 24.4 Å². The van der Waals surface area contributed by atoms with E-state index in [0.717, 1.165) is 42.3 Å². The number of anilines is 2. The molecule has 2 saturated heterocycles. The third-order valence-electron chi connectivity index (χ3n) is 7.30. The molecule has 6 rings (SSSR count). The van der Waals surface area contributed by atoms with Gasteiger partial charge in [-0.2, -0.15) is 10.4 Å². The van der Waals surface area contributed by atoms with Gasteiger partial charge < -0.3 is 20.1 Å². The van der Waals surface area contributed by atoms with Crippen LogP contribution < -0.4 is 10.2 Å². The standard InChI is InChI=1S/C26H25F2N9O/c27-20-10-18(34-25(38)35-8-2-1-3-9-35)11-21(28)23(20)36-14-26(15-36,5-6-29)37-13-17(12-33-37)22-19-4-7-30-24(19)32-16-31-22/h4,7,10-13,16H,1-3,5,8-9,14-15H2,(H,34,38)(H,30,31,32). The molecule has 4 aromatic rings. The predicted octanol–water partition coefficient (Wildman–Crippen LogP) is 4.25. The lowest BCUT2D eigenvalue weighted by Crippen LogP contribution is -2.63. The van der Waals surface area contributed by atoms with Gasteiger partial charge in [0, 0.05) is 55.2 Å². The van der Waals surface area contributed by atoms with Gasteiger partial charge in [0.1, 0.15) is 23.2 Å². The Bertz CT molecular complexity index is 1520. The smallest absolute Gasteiger partial charge is 0.321 e. The molecular formula is C26H25F2N9O. The molecule has 0 radical (unpaired) electrons. The summed E-state index contributed by atoms with van der Waals surface area (Å²) in [6, 6.07) is 5.97. The summed E-state index contributed by atoms with van der Waals surface area (Å²) < 4.78 is 31.9. The molecule has 3 aromatic heterocycles. The largest absolute Gasteiger partial charge is 0.362 e. The summed E-state index contributed by atoms with van der Waals surface area (Å²) >= 11 is 0. The molecule has 1 aromatic carbocycles. The fourth-order valence-corrected chi connectivity index (χ4v) is 5.35. The van der Waals surface area contributed by atoms with Crippen LogP contribution in [0.25, 0.3) is 22.3 Å². The summed E-state index contributed by atoms with van der Waals surface area (Å²) in [4.78, 5) is 27.3. The first-order chi connectivity index (χ1) is 18.5. The number of aromatic nitrogens is 5. The van der Waals surface area contributed by atoms with Gasteiger partial charge in [-0.15, -0.1) is 0 Å². The number of carbonyl (C=O) groups is 1. The molecule has 2 fully saturated rings. The second kappa shape index (κ2) is 9.41. The van der Waals surface area contributed by atoms with E-state index in [1.54, 1.807) is 33.1 Å². The molecule has 12 heteroatoms. The summed E-state index contributed by atoms with van der Waals surface area (Å²) in [6.07, 6.45) is 9.73. The number of nitriles is 1. The fourth-order valence-electron chi connectivity index (χ4n) is 5.35. The van der Waals surface area contributed by atoms with Crippen LogP contribution in [0, 0.1) is 23.0 Å². The average molecular weight is 518 g/mol. The Morgan fingerprint density at radius 3 is 2.66 bits per heavy atom. The zero-order chi connectivity index (χ0) is 26.3. The Labute approximate surface area is 216 Å². The lowest BCUT2D eigenvalue weighted by atomic mass is 9.86. The zero-order valence-corrected chi connectivity index (χ0v) is 20.5. The van der Waals surface area contributed by atoms with Gasteiger partial charge in [-0.1, -0.05) is 0 Å². The SMILES string of the molecule is N#CCC1(n2cc(-c3ncnc4[nH]ccc34)cn2)CN(c2c(F)cc(NC(=O)N3CCCCC3)cc2F)C1. The van der Waals surface area contributed by atoms with Gasteiger partial charge >= 0.3 is 6.03 Å². The highest BCUT2D eigenvalue weighted by Crippen LogP contribution is 2.40. The van der Waals surface area contributed by atoms with Crippen molar-refractivity contribution in [3.8, 4) is 17.3 Å². The minimum atomic E-state index is -0.776. The van der Waals surface area contributed by atoms with Gasteiger partial charge in [0.15, 0.2) is 11.6 Å². The molecule has 10 nitrogen and oxygen atoms in total. The number of urea groups is 1. The number of H-pyrrole nitrogens is 1. The lowest BCUT2D eigenvalue weighted by molar-refractivity contribution is 0.196. The van der Waals surface area contributed by atoms with Crippen molar-refractivity contribution in [2.45, 2.75) is 31.2 Å². The quantitative estimate of drug-likeness (QED) is 0.409. The van der Waals surface area contributed by atoms with Gasteiger partial charge in [-0.25, -0.2) is 23.5 Å². The molecule has 2 aliphatic heterocycles. The number of nitrogens with one attached hydrogen (secondary N) is 2. The predicted molar refractivity (Wildman–Crippen MR) is 136 cm³/mol. The molecule has 0 bridgehead atoms. The topological polar surface area (TPSA) is 119 Å². The number of aromatic amines is 1. The number of fused-ring (bicyclic) bond motifs is 1. The average Bonchev–Trinajstić information content (AvgIpc) is 3.57. The summed E-state index contributed by atoms with van der Waals surface area (Å²) in [5.74, 6) is -1.55. The van der Waals surface area contributed by atoms with E-state index in [1.807, 2.05) is 6.07 Å². The van der Waals surface area contributed by atoms with Crippen molar-refractivity contribution in [2.75, 3.05) is 36.4 Å². The summed E-state index contributed by atoms with van der Waals surface area (Å²) in [7, 11) is 0. The third kappa shape index (κ3) is 4.09. The molecular weight excluding hydrogens is 492 g/mol. The second-order valence-corrected chi connectivity index (χ2v) is 9.82. The minimum Gasteiger partial charge on any atom is -0.362 e. The van der Waals surface area contributed by atoms with Crippen LogP contribution in [0.1, 0.15) is 25.7 Å². The van der Waals surface area contributed by atoms with Crippen LogP contribution in [0.2, 0.25) is 0 Å². The number of piperidine rings is 1. The first-order valence-corrected chi connectivity index (χ1v) is 12.5. The van der Waals surface area contributed by atoms with Crippen molar-refractivity contribution in [3.63, 3.8) is 0 Å². The molecule has 194 valence electrons. The summed E-state index contributed by atoms with van der Waals surface area (Å²) in [5, 5.41) is 17.5. The van der Waals surface area contributed by atoms with Crippen molar-refractivity contribution in [2.24, 2.45) is 0 Å². The van der Waals surface area contributed by atoms with E-state index in [4.69, 9.17) is 0 Å². The molecule has 2 amide bonds. The Morgan fingerprint density at radius 1 is 1.16 bits per heavy atom. The van der Waals surface area contributed by atoms with Crippen LogP contribution in [0.4, 0.5) is 25.0 Å².